The number of nitrogens with zero attached hydrogens (tertiary/aromatic N) is 1. The summed E-state index contributed by atoms with van der Waals surface area (Å²) in [5.74, 6) is 0. The molecule has 0 unspecified atom stereocenters. The summed E-state index contributed by atoms with van der Waals surface area (Å²) in [6, 6.07) is 46.9. The normalized spacial score (nSPS) is 20.0. The topological polar surface area (TPSA) is 57.0 Å². The van der Waals surface area contributed by atoms with Gasteiger partial charge in [0.05, 0.1) is 25.9 Å². The zero-order chi connectivity index (χ0) is 32.1. The van der Waals surface area contributed by atoms with E-state index >= 15 is 0 Å². The molecule has 244 valence electrons. The van der Waals surface area contributed by atoms with E-state index < -0.39 is 0 Å². The maximum atomic E-state index is 6.99. The van der Waals surface area contributed by atoms with Crippen molar-refractivity contribution in [2.75, 3.05) is 13.1 Å². The lowest BCUT2D eigenvalue weighted by molar-refractivity contribution is -0.205. The first-order valence-corrected chi connectivity index (χ1v) is 17.2. The molecule has 6 rings (SSSR count). The number of piperidine rings is 1. The third kappa shape index (κ3) is 9.38. The van der Waals surface area contributed by atoms with Gasteiger partial charge < -0.3 is 19.9 Å². The molecule has 1 aliphatic rings. The molecule has 5 nitrogen and oxygen atoms in total. The summed E-state index contributed by atoms with van der Waals surface area (Å²) in [6.45, 7) is 3.84. The molecule has 0 amide bonds. The number of likely N-dealkylation sites (tertiary alicyclic amines) is 1. The predicted molar refractivity (Wildman–Crippen MR) is 191 cm³/mol. The Labute approximate surface area is 280 Å². The van der Waals surface area contributed by atoms with Gasteiger partial charge in [0.15, 0.2) is 0 Å². The van der Waals surface area contributed by atoms with Gasteiger partial charge in [0, 0.05) is 19.1 Å². The molecule has 1 saturated heterocycles. The fourth-order valence-electron chi connectivity index (χ4n) is 6.75. The van der Waals surface area contributed by atoms with Gasteiger partial charge in [0.25, 0.3) is 0 Å². The predicted octanol–water partition coefficient (Wildman–Crippen LogP) is 8.30. The molecule has 1 aliphatic heterocycles. The fourth-order valence-corrected chi connectivity index (χ4v) is 6.75. The molecule has 1 fully saturated rings. The third-order valence-electron chi connectivity index (χ3n) is 9.23. The summed E-state index contributed by atoms with van der Waals surface area (Å²) in [6.07, 6.45) is 3.61. The van der Waals surface area contributed by atoms with Gasteiger partial charge in [-0.1, -0.05) is 140 Å². The Morgan fingerprint density at radius 1 is 0.532 bits per heavy atom. The highest BCUT2D eigenvalue weighted by molar-refractivity contribution is 5.82. The van der Waals surface area contributed by atoms with E-state index in [0.717, 1.165) is 62.0 Å². The Kier molecular flexibility index (Phi) is 12.2. The molecule has 4 atom stereocenters. The van der Waals surface area contributed by atoms with Crippen molar-refractivity contribution in [3.8, 4) is 0 Å². The van der Waals surface area contributed by atoms with Crippen LogP contribution in [0, 0.1) is 0 Å². The quantitative estimate of drug-likeness (QED) is 0.111. The zero-order valence-corrected chi connectivity index (χ0v) is 27.3. The van der Waals surface area contributed by atoms with Gasteiger partial charge in [-0.25, -0.2) is 0 Å². The van der Waals surface area contributed by atoms with Crippen molar-refractivity contribution in [3.63, 3.8) is 0 Å². The summed E-state index contributed by atoms with van der Waals surface area (Å²) in [7, 11) is 0. The maximum absolute atomic E-state index is 6.99. The van der Waals surface area contributed by atoms with Crippen molar-refractivity contribution in [2.45, 2.75) is 76.4 Å². The lowest BCUT2D eigenvalue weighted by Gasteiger charge is -2.49. The van der Waals surface area contributed by atoms with E-state index in [1.54, 1.807) is 0 Å². The average Bonchev–Trinajstić information content (AvgIpc) is 3.13. The summed E-state index contributed by atoms with van der Waals surface area (Å²) < 4.78 is 20.7. The van der Waals surface area contributed by atoms with Crippen LogP contribution >= 0.6 is 0 Å². The number of fused-ring (bicyclic) bond motifs is 1. The molecule has 5 aromatic carbocycles. The lowest BCUT2D eigenvalue weighted by Crippen LogP contribution is -2.63. The van der Waals surface area contributed by atoms with Gasteiger partial charge in [-0.15, -0.1) is 0 Å². The van der Waals surface area contributed by atoms with E-state index in [-0.39, 0.29) is 24.4 Å². The highest BCUT2D eigenvalue weighted by atomic mass is 16.6. The van der Waals surface area contributed by atoms with Crippen molar-refractivity contribution >= 4 is 10.8 Å². The molecule has 0 bridgehead atoms. The first kappa shape index (κ1) is 33.1. The van der Waals surface area contributed by atoms with Gasteiger partial charge in [-0.2, -0.15) is 0 Å². The zero-order valence-electron chi connectivity index (χ0n) is 27.3. The van der Waals surface area contributed by atoms with Crippen molar-refractivity contribution in [2.24, 2.45) is 5.73 Å². The van der Waals surface area contributed by atoms with Gasteiger partial charge in [-0.3, -0.25) is 4.90 Å². The van der Waals surface area contributed by atoms with E-state index in [0.29, 0.717) is 19.8 Å². The third-order valence-corrected chi connectivity index (χ3v) is 9.23. The lowest BCUT2D eigenvalue weighted by atomic mass is 9.88. The van der Waals surface area contributed by atoms with E-state index in [4.69, 9.17) is 19.9 Å². The molecule has 0 saturated carbocycles. The number of nitrogens with two attached hydrogens (primary N) is 1. The van der Waals surface area contributed by atoms with E-state index in [1.165, 1.54) is 16.3 Å². The Bertz CT molecular complexity index is 1610. The Hall–Kier alpha value is -3.84. The molecule has 1 heterocycles. The van der Waals surface area contributed by atoms with Crippen LogP contribution in [0.25, 0.3) is 10.8 Å². The molecule has 0 aliphatic carbocycles. The Balaban J connectivity index is 1.33. The highest BCUT2D eigenvalue weighted by Crippen LogP contribution is 2.33. The van der Waals surface area contributed by atoms with Crippen LogP contribution in [0.2, 0.25) is 0 Å². The monoisotopic (exact) mass is 628 g/mol. The first-order chi connectivity index (χ1) is 23.3. The van der Waals surface area contributed by atoms with Crippen LogP contribution in [-0.4, -0.2) is 42.3 Å². The summed E-state index contributed by atoms with van der Waals surface area (Å²) in [5, 5.41) is 2.52. The Morgan fingerprint density at radius 2 is 1.09 bits per heavy atom. The van der Waals surface area contributed by atoms with Crippen molar-refractivity contribution in [1.29, 1.82) is 0 Å². The van der Waals surface area contributed by atoms with Crippen LogP contribution in [-0.2, 0) is 40.6 Å². The smallest absolute Gasteiger partial charge is 0.113 e. The van der Waals surface area contributed by atoms with Gasteiger partial charge in [-0.05, 0) is 58.5 Å². The second-order valence-electron chi connectivity index (χ2n) is 12.7. The van der Waals surface area contributed by atoms with E-state index in [2.05, 4.69) is 126 Å². The number of ether oxygens (including phenoxy) is 3. The average molecular weight is 629 g/mol. The minimum atomic E-state index is -0.241. The van der Waals surface area contributed by atoms with Crippen LogP contribution in [0.3, 0.4) is 0 Å². The van der Waals surface area contributed by atoms with Crippen molar-refractivity contribution in [1.82, 2.24) is 4.90 Å². The molecule has 0 spiro atoms. The number of benzene rings is 5. The minimum absolute atomic E-state index is 0.153. The van der Waals surface area contributed by atoms with Gasteiger partial charge in [0.1, 0.15) is 12.2 Å². The summed E-state index contributed by atoms with van der Waals surface area (Å²) in [5.41, 5.74) is 10.7. The van der Waals surface area contributed by atoms with Crippen LogP contribution < -0.4 is 5.73 Å². The minimum Gasteiger partial charge on any atom is -0.369 e. The second kappa shape index (κ2) is 17.4. The summed E-state index contributed by atoms with van der Waals surface area (Å²) >= 11 is 0. The molecule has 0 radical (unpaired) electrons. The van der Waals surface area contributed by atoms with E-state index in [1.807, 2.05) is 12.1 Å². The van der Waals surface area contributed by atoms with Crippen LogP contribution in [0.5, 0.6) is 0 Å². The number of rotatable bonds is 16. The van der Waals surface area contributed by atoms with Crippen LogP contribution in [0.15, 0.2) is 133 Å². The molecule has 5 heteroatoms. The number of unbranched alkanes of at least 4 members (excludes halogenated alkanes) is 2. The number of hydrogen-bond acceptors (Lipinski definition) is 5. The largest absolute Gasteiger partial charge is 0.369 e. The standard InChI is InChI=1S/C42H48N2O3/c43-26-14-4-11-23-39-41(46-31-34-17-7-2-8-18-34)42(47-32-35-19-9-3-10-20-35)40(45-30-33-15-5-1-6-16-33)29-44(39)28-36-24-25-37-21-12-13-22-38(37)27-36/h1-3,5-10,12-13,15-22,24-25,27,39-42H,4,11,14,23,26,28-32,43H2/t39-,40+,41-,42-/m1/s1. The molecular weight excluding hydrogens is 580 g/mol. The molecular formula is C42H48N2O3. The van der Waals surface area contributed by atoms with E-state index in [9.17, 15) is 0 Å². The van der Waals surface area contributed by atoms with Gasteiger partial charge >= 0.3 is 0 Å². The molecule has 47 heavy (non-hydrogen) atoms. The molecule has 2 N–H and O–H groups in total. The SMILES string of the molecule is NCCCCC[C@@H]1[C@@H](OCc2ccccc2)[C@H](OCc2ccccc2)[C@@H](OCc2ccccc2)CN1Cc1ccc2ccccc2c1. The van der Waals surface area contributed by atoms with Crippen LogP contribution in [0.4, 0.5) is 0 Å². The first-order valence-electron chi connectivity index (χ1n) is 17.2. The van der Waals surface area contributed by atoms with Crippen LogP contribution in [0.1, 0.15) is 47.9 Å². The fraction of sp³-hybridized carbons (Fsp3) is 0.333. The highest BCUT2D eigenvalue weighted by Gasteiger charge is 2.45. The second-order valence-corrected chi connectivity index (χ2v) is 12.7. The van der Waals surface area contributed by atoms with Gasteiger partial charge in [0.2, 0.25) is 0 Å². The number of hydrogen-bond donors (Lipinski definition) is 1. The molecule has 5 aromatic rings. The molecule has 0 aromatic heterocycles. The maximum Gasteiger partial charge on any atom is 0.113 e. The summed E-state index contributed by atoms with van der Waals surface area (Å²) in [4.78, 5) is 2.60. The van der Waals surface area contributed by atoms with Crippen molar-refractivity contribution < 1.29 is 14.2 Å². The van der Waals surface area contributed by atoms with Crippen molar-refractivity contribution in [3.05, 3.63) is 156 Å². The Morgan fingerprint density at radius 3 is 1.70 bits per heavy atom.